The molecule has 3 aromatic rings. The van der Waals surface area contributed by atoms with E-state index in [9.17, 15) is 9.18 Å². The highest BCUT2D eigenvalue weighted by molar-refractivity contribution is 5.63. The van der Waals surface area contributed by atoms with Gasteiger partial charge in [-0.2, -0.15) is 0 Å². The maximum atomic E-state index is 12.8. The number of hydrogen-bond donors (Lipinski definition) is 1. The van der Waals surface area contributed by atoms with Gasteiger partial charge in [0.1, 0.15) is 5.82 Å². The van der Waals surface area contributed by atoms with Crippen molar-refractivity contribution < 1.29 is 4.39 Å². The summed E-state index contributed by atoms with van der Waals surface area (Å²) in [6.45, 7) is 0. The molecule has 0 saturated heterocycles. The minimum atomic E-state index is -0.292. The van der Waals surface area contributed by atoms with Crippen LogP contribution < -0.4 is 5.56 Å². The smallest absolute Gasteiger partial charge is 0.272 e. The number of H-pyrrole nitrogens is 1. The highest BCUT2D eigenvalue weighted by atomic mass is 19.1. The van der Waals surface area contributed by atoms with Gasteiger partial charge in [-0.05, 0) is 29.8 Å². The second kappa shape index (κ2) is 3.55. The van der Waals surface area contributed by atoms with Gasteiger partial charge in [0.2, 0.25) is 0 Å². The number of benzene rings is 1. The molecule has 1 aromatic carbocycles. The van der Waals surface area contributed by atoms with E-state index in [0.717, 1.165) is 11.3 Å². The van der Waals surface area contributed by atoms with Crippen LogP contribution in [0.1, 0.15) is 0 Å². The molecule has 0 aliphatic rings. The zero-order valence-corrected chi connectivity index (χ0v) is 8.72. The summed E-state index contributed by atoms with van der Waals surface area (Å²) in [6, 6.07) is 9.15. The molecule has 0 bridgehead atoms. The number of nitrogens with zero attached hydrogens (tertiary/aromatic N) is 2. The van der Waals surface area contributed by atoms with E-state index in [1.807, 2.05) is 0 Å². The maximum Gasteiger partial charge on any atom is 0.272 e. The summed E-state index contributed by atoms with van der Waals surface area (Å²) in [4.78, 5) is 15.6. The van der Waals surface area contributed by atoms with Crippen molar-refractivity contribution in [2.24, 2.45) is 0 Å². The normalized spacial score (nSPS) is 10.9. The van der Waals surface area contributed by atoms with E-state index in [1.54, 1.807) is 18.2 Å². The van der Waals surface area contributed by atoms with E-state index in [1.165, 1.54) is 28.9 Å². The van der Waals surface area contributed by atoms with Gasteiger partial charge >= 0.3 is 0 Å². The average Bonchev–Trinajstić information content (AvgIpc) is 2.75. The van der Waals surface area contributed by atoms with E-state index in [-0.39, 0.29) is 11.4 Å². The number of fused-ring (bicyclic) bond motifs is 1. The second-order valence-electron chi connectivity index (χ2n) is 3.65. The Labute approximate surface area is 95.3 Å². The van der Waals surface area contributed by atoms with Crippen molar-refractivity contribution in [1.29, 1.82) is 0 Å². The average molecular weight is 229 g/mol. The fourth-order valence-electron chi connectivity index (χ4n) is 1.70. The molecule has 3 rings (SSSR count). The zero-order valence-electron chi connectivity index (χ0n) is 8.72. The van der Waals surface area contributed by atoms with Crippen LogP contribution in [0.25, 0.3) is 16.9 Å². The topological polar surface area (TPSA) is 50.2 Å². The van der Waals surface area contributed by atoms with Crippen molar-refractivity contribution in [2.45, 2.75) is 0 Å². The first-order chi connectivity index (χ1) is 8.24. The molecular formula is C12H8FN3O. The number of aromatic amines is 1. The third-order valence-electron chi connectivity index (χ3n) is 2.53. The molecule has 0 amide bonds. The highest BCUT2D eigenvalue weighted by Crippen LogP contribution is 2.18. The lowest BCUT2D eigenvalue weighted by atomic mass is 10.1. The van der Waals surface area contributed by atoms with Gasteiger partial charge in [-0.15, -0.1) is 0 Å². The summed E-state index contributed by atoms with van der Waals surface area (Å²) in [5.74, 6) is -0.292. The van der Waals surface area contributed by atoms with Gasteiger partial charge in [0, 0.05) is 18.3 Å². The molecule has 84 valence electrons. The standard InChI is InChI=1S/C12H8FN3O/c13-9-3-1-8(2-4-9)10-7-11-14-6-5-12(17)16(11)15-10/h1-7,15H. The van der Waals surface area contributed by atoms with Gasteiger partial charge in [0.25, 0.3) is 5.56 Å². The molecule has 0 radical (unpaired) electrons. The zero-order chi connectivity index (χ0) is 11.8. The van der Waals surface area contributed by atoms with Gasteiger partial charge in [-0.25, -0.2) is 13.9 Å². The molecule has 1 N–H and O–H groups in total. The van der Waals surface area contributed by atoms with Gasteiger partial charge in [-0.1, -0.05) is 0 Å². The Morgan fingerprint density at radius 1 is 1.18 bits per heavy atom. The van der Waals surface area contributed by atoms with Crippen LogP contribution in [-0.4, -0.2) is 14.6 Å². The fraction of sp³-hybridized carbons (Fsp3) is 0. The Morgan fingerprint density at radius 2 is 1.94 bits per heavy atom. The first-order valence-electron chi connectivity index (χ1n) is 5.07. The van der Waals surface area contributed by atoms with E-state index < -0.39 is 0 Å². The predicted octanol–water partition coefficient (Wildman–Crippen LogP) is 1.83. The summed E-state index contributed by atoms with van der Waals surface area (Å²) < 4.78 is 14.1. The molecule has 0 aliphatic heterocycles. The summed E-state index contributed by atoms with van der Waals surface area (Å²) >= 11 is 0. The van der Waals surface area contributed by atoms with Crippen LogP contribution in [0, 0.1) is 5.82 Å². The van der Waals surface area contributed by atoms with Gasteiger partial charge < -0.3 is 0 Å². The number of aromatic nitrogens is 3. The van der Waals surface area contributed by atoms with Crippen LogP contribution in [0.3, 0.4) is 0 Å². The van der Waals surface area contributed by atoms with E-state index in [4.69, 9.17) is 0 Å². The monoisotopic (exact) mass is 229 g/mol. The molecule has 2 heterocycles. The number of hydrogen-bond acceptors (Lipinski definition) is 2. The molecule has 0 atom stereocenters. The fourth-order valence-corrected chi connectivity index (χ4v) is 1.70. The molecule has 5 heteroatoms. The molecule has 0 spiro atoms. The Kier molecular flexibility index (Phi) is 2.04. The van der Waals surface area contributed by atoms with Gasteiger partial charge in [0.15, 0.2) is 5.65 Å². The Morgan fingerprint density at radius 3 is 2.65 bits per heavy atom. The van der Waals surface area contributed by atoms with Crippen LogP contribution in [0.2, 0.25) is 0 Å². The van der Waals surface area contributed by atoms with Crippen molar-refractivity contribution in [3.05, 3.63) is 58.8 Å². The van der Waals surface area contributed by atoms with Crippen LogP contribution >= 0.6 is 0 Å². The molecule has 0 aliphatic carbocycles. The third kappa shape index (κ3) is 1.61. The van der Waals surface area contributed by atoms with Crippen LogP contribution in [0.15, 0.2) is 47.4 Å². The molecule has 0 saturated carbocycles. The summed E-state index contributed by atoms with van der Waals surface area (Å²) in [7, 11) is 0. The Bertz CT molecular complexity index is 727. The minimum Gasteiger partial charge on any atom is -0.289 e. The van der Waals surface area contributed by atoms with Crippen molar-refractivity contribution in [3.8, 4) is 11.3 Å². The first kappa shape index (κ1) is 9.77. The SMILES string of the molecule is O=c1ccnc2cc(-c3ccc(F)cc3)[nH]n12. The van der Waals surface area contributed by atoms with E-state index >= 15 is 0 Å². The molecule has 4 nitrogen and oxygen atoms in total. The second-order valence-corrected chi connectivity index (χ2v) is 3.65. The summed E-state index contributed by atoms with van der Waals surface area (Å²) in [5.41, 5.74) is 1.89. The molecule has 17 heavy (non-hydrogen) atoms. The lowest BCUT2D eigenvalue weighted by Gasteiger charge is -1.96. The molecule has 2 aromatic heterocycles. The van der Waals surface area contributed by atoms with Crippen LogP contribution in [0.4, 0.5) is 4.39 Å². The number of rotatable bonds is 1. The van der Waals surface area contributed by atoms with Crippen LogP contribution in [-0.2, 0) is 0 Å². The van der Waals surface area contributed by atoms with Crippen molar-refractivity contribution in [3.63, 3.8) is 0 Å². The largest absolute Gasteiger partial charge is 0.289 e. The lowest BCUT2D eigenvalue weighted by Crippen LogP contribution is -2.12. The Balaban J connectivity index is 2.21. The van der Waals surface area contributed by atoms with Crippen molar-refractivity contribution >= 4 is 5.65 Å². The molecular weight excluding hydrogens is 221 g/mol. The quantitative estimate of drug-likeness (QED) is 0.692. The van der Waals surface area contributed by atoms with E-state index in [0.29, 0.717) is 5.65 Å². The molecule has 0 unspecified atom stereocenters. The summed E-state index contributed by atoms with van der Waals surface area (Å²) in [5, 5.41) is 2.92. The van der Waals surface area contributed by atoms with Crippen molar-refractivity contribution in [1.82, 2.24) is 14.6 Å². The van der Waals surface area contributed by atoms with Gasteiger partial charge in [-0.3, -0.25) is 9.89 Å². The van der Waals surface area contributed by atoms with Crippen LogP contribution in [0.5, 0.6) is 0 Å². The molecule has 0 fully saturated rings. The number of nitrogens with one attached hydrogen (secondary N) is 1. The Hall–Kier alpha value is -2.43. The van der Waals surface area contributed by atoms with Crippen molar-refractivity contribution in [2.75, 3.05) is 0 Å². The van der Waals surface area contributed by atoms with E-state index in [2.05, 4.69) is 10.1 Å². The van der Waals surface area contributed by atoms with Gasteiger partial charge in [0.05, 0.1) is 5.69 Å². The minimum absolute atomic E-state index is 0.177. The maximum absolute atomic E-state index is 12.8. The first-order valence-corrected chi connectivity index (χ1v) is 5.07. The lowest BCUT2D eigenvalue weighted by molar-refractivity contribution is 0.628. The summed E-state index contributed by atoms with van der Waals surface area (Å²) in [6.07, 6.45) is 1.46. The third-order valence-corrected chi connectivity index (χ3v) is 2.53. The highest BCUT2D eigenvalue weighted by Gasteiger charge is 2.04. The number of halogens is 1. The predicted molar refractivity (Wildman–Crippen MR) is 61.2 cm³/mol.